The van der Waals surface area contributed by atoms with E-state index in [0.29, 0.717) is 6.42 Å². The van der Waals surface area contributed by atoms with Gasteiger partial charge in [-0.15, -0.1) is 4.58 Å². The number of unbranched alkanes of at least 4 members (excludes halogenated alkanes) is 8. The summed E-state index contributed by atoms with van der Waals surface area (Å²) < 4.78 is 0.157. The quantitative estimate of drug-likeness (QED) is 0.272. The fourth-order valence-corrected chi connectivity index (χ4v) is 1.76. The second kappa shape index (κ2) is 11.2. The number of nitrogens with zero attached hydrogens (tertiary/aromatic N) is 1. The van der Waals surface area contributed by atoms with Gasteiger partial charge in [0.05, 0.1) is 0 Å². The topological polar surface area (TPSA) is 40.5 Å². The van der Waals surface area contributed by atoms with E-state index >= 15 is 0 Å². The second-order valence-corrected chi connectivity index (χ2v) is 4.55. The molecule has 16 heavy (non-hydrogen) atoms. The fourth-order valence-electron chi connectivity index (χ4n) is 1.68. The molecule has 0 saturated heterocycles. The van der Waals surface area contributed by atoms with Crippen molar-refractivity contribution < 1.29 is 10.0 Å². The van der Waals surface area contributed by atoms with Crippen molar-refractivity contribution in [3.8, 4) is 0 Å². The predicted octanol–water partition coefficient (Wildman–Crippen LogP) is 4.28. The molecule has 1 amide bonds. The van der Waals surface area contributed by atoms with E-state index < -0.39 is 5.91 Å². The molecular weight excluding hydrogens is 226 g/mol. The van der Waals surface area contributed by atoms with Crippen molar-refractivity contribution in [1.82, 2.24) is 4.58 Å². The number of hydrogen-bond acceptors (Lipinski definition) is 2. The van der Waals surface area contributed by atoms with Crippen LogP contribution < -0.4 is 0 Å². The van der Waals surface area contributed by atoms with Crippen molar-refractivity contribution in [3.05, 3.63) is 0 Å². The molecule has 0 aliphatic heterocycles. The molecule has 0 bridgehead atoms. The van der Waals surface area contributed by atoms with E-state index in [4.69, 9.17) is 17.0 Å². The van der Waals surface area contributed by atoms with Gasteiger partial charge in [-0.2, -0.15) is 0 Å². The first kappa shape index (κ1) is 15.7. The lowest BCUT2D eigenvalue weighted by Crippen LogP contribution is -2.16. The van der Waals surface area contributed by atoms with Gasteiger partial charge in [0.2, 0.25) is 0 Å². The molecule has 0 spiro atoms. The van der Waals surface area contributed by atoms with Crippen LogP contribution >= 0.6 is 11.8 Å². The highest BCUT2D eigenvalue weighted by atomic mass is 35.5. The minimum Gasteiger partial charge on any atom is -0.271 e. The van der Waals surface area contributed by atoms with Crippen molar-refractivity contribution in [2.75, 3.05) is 0 Å². The van der Waals surface area contributed by atoms with Gasteiger partial charge in [-0.25, -0.2) is 0 Å². The van der Waals surface area contributed by atoms with E-state index in [1.54, 1.807) is 0 Å². The van der Waals surface area contributed by atoms with Gasteiger partial charge < -0.3 is 0 Å². The maximum atomic E-state index is 10.9. The third kappa shape index (κ3) is 10.2. The number of hydrogen-bond donors (Lipinski definition) is 1. The van der Waals surface area contributed by atoms with Crippen molar-refractivity contribution in [2.24, 2.45) is 0 Å². The molecular formula is C12H24ClNO2. The zero-order chi connectivity index (χ0) is 12.2. The lowest BCUT2D eigenvalue weighted by Gasteiger charge is -2.04. The standard InChI is InChI=1S/C12H24ClNO2/c1-2-3-4-5-6-7-8-9-10-11-12(15)14(13)16/h16H,2-11H2,1H3. The Morgan fingerprint density at radius 3 is 1.88 bits per heavy atom. The van der Waals surface area contributed by atoms with E-state index in [9.17, 15) is 4.79 Å². The average molecular weight is 250 g/mol. The molecule has 0 aliphatic rings. The first-order valence-corrected chi connectivity index (χ1v) is 6.70. The molecule has 0 saturated carbocycles. The van der Waals surface area contributed by atoms with Crippen LogP contribution in [0.3, 0.4) is 0 Å². The van der Waals surface area contributed by atoms with Gasteiger partial charge in [0.25, 0.3) is 5.91 Å². The zero-order valence-corrected chi connectivity index (χ0v) is 11.0. The summed E-state index contributed by atoms with van der Waals surface area (Å²) in [6.45, 7) is 2.22. The summed E-state index contributed by atoms with van der Waals surface area (Å²) in [7, 11) is 0. The molecule has 96 valence electrons. The van der Waals surface area contributed by atoms with Crippen LogP contribution in [0, 0.1) is 0 Å². The maximum Gasteiger partial charge on any atom is 0.261 e. The molecule has 0 aromatic carbocycles. The van der Waals surface area contributed by atoms with Gasteiger partial charge in [0.15, 0.2) is 0 Å². The van der Waals surface area contributed by atoms with Crippen molar-refractivity contribution >= 4 is 17.7 Å². The Morgan fingerprint density at radius 2 is 1.44 bits per heavy atom. The largest absolute Gasteiger partial charge is 0.271 e. The summed E-state index contributed by atoms with van der Waals surface area (Å²) in [4.78, 5) is 10.9. The Kier molecular flexibility index (Phi) is 11.0. The van der Waals surface area contributed by atoms with Crippen LogP contribution in [0.4, 0.5) is 0 Å². The minimum atomic E-state index is -0.412. The molecule has 0 unspecified atom stereocenters. The lowest BCUT2D eigenvalue weighted by atomic mass is 10.1. The molecule has 0 heterocycles. The fraction of sp³-hybridized carbons (Fsp3) is 0.917. The van der Waals surface area contributed by atoms with Gasteiger partial charge in [-0.3, -0.25) is 10.0 Å². The van der Waals surface area contributed by atoms with Gasteiger partial charge in [0, 0.05) is 18.2 Å². The maximum absolute atomic E-state index is 10.9. The molecule has 0 atom stereocenters. The van der Waals surface area contributed by atoms with Gasteiger partial charge in [0.1, 0.15) is 0 Å². The van der Waals surface area contributed by atoms with Crippen LogP contribution in [0.2, 0.25) is 0 Å². The highest BCUT2D eigenvalue weighted by molar-refractivity contribution is 6.19. The highest BCUT2D eigenvalue weighted by Crippen LogP contribution is 2.11. The summed E-state index contributed by atoms with van der Waals surface area (Å²) in [5.41, 5.74) is 0. The number of rotatable bonds is 10. The van der Waals surface area contributed by atoms with Crippen LogP contribution in [0.1, 0.15) is 71.1 Å². The summed E-state index contributed by atoms with van der Waals surface area (Å²) in [5.74, 6) is -0.412. The summed E-state index contributed by atoms with van der Waals surface area (Å²) in [6, 6.07) is 0. The Balaban J connectivity index is 3.07. The third-order valence-electron chi connectivity index (χ3n) is 2.70. The smallest absolute Gasteiger partial charge is 0.261 e. The first-order valence-electron chi connectivity index (χ1n) is 6.36. The molecule has 0 aliphatic carbocycles. The Morgan fingerprint density at radius 1 is 1.00 bits per heavy atom. The van der Waals surface area contributed by atoms with E-state index in [2.05, 4.69) is 6.92 Å². The second-order valence-electron chi connectivity index (χ2n) is 4.23. The number of amides is 1. The monoisotopic (exact) mass is 249 g/mol. The normalized spacial score (nSPS) is 10.4. The van der Waals surface area contributed by atoms with E-state index in [1.165, 1.54) is 44.9 Å². The van der Waals surface area contributed by atoms with Crippen molar-refractivity contribution in [1.29, 1.82) is 0 Å². The van der Waals surface area contributed by atoms with Crippen LogP contribution in [-0.2, 0) is 4.79 Å². The minimum absolute atomic E-state index is 0.157. The summed E-state index contributed by atoms with van der Waals surface area (Å²) in [5, 5.41) is 8.59. The Hall–Kier alpha value is -0.280. The van der Waals surface area contributed by atoms with Gasteiger partial charge in [-0.1, -0.05) is 58.3 Å². The molecule has 3 nitrogen and oxygen atoms in total. The average Bonchev–Trinajstić information content (AvgIpc) is 2.26. The van der Waals surface area contributed by atoms with Crippen LogP contribution in [-0.4, -0.2) is 15.7 Å². The molecule has 1 N–H and O–H groups in total. The van der Waals surface area contributed by atoms with E-state index in [-0.39, 0.29) is 4.58 Å². The van der Waals surface area contributed by atoms with Gasteiger partial charge in [-0.05, 0) is 6.42 Å². The third-order valence-corrected chi connectivity index (χ3v) is 2.89. The molecule has 0 rings (SSSR count). The molecule has 0 aromatic rings. The molecule has 0 aromatic heterocycles. The predicted molar refractivity (Wildman–Crippen MR) is 66.3 cm³/mol. The Bertz CT molecular complexity index is 174. The molecule has 4 heteroatoms. The van der Waals surface area contributed by atoms with Gasteiger partial charge >= 0.3 is 0 Å². The number of hydroxylamine groups is 1. The van der Waals surface area contributed by atoms with Crippen LogP contribution in [0.15, 0.2) is 0 Å². The van der Waals surface area contributed by atoms with E-state index in [0.717, 1.165) is 12.8 Å². The highest BCUT2D eigenvalue weighted by Gasteiger charge is 2.06. The summed E-state index contributed by atoms with van der Waals surface area (Å²) in [6.07, 6.45) is 11.2. The van der Waals surface area contributed by atoms with Crippen molar-refractivity contribution in [2.45, 2.75) is 71.1 Å². The summed E-state index contributed by atoms with van der Waals surface area (Å²) >= 11 is 5.08. The SMILES string of the molecule is CCCCCCCCCCCC(=O)N(O)Cl. The molecule has 0 radical (unpaired) electrons. The Labute approximate surface area is 104 Å². The molecule has 0 fully saturated rings. The van der Waals surface area contributed by atoms with E-state index in [1.807, 2.05) is 0 Å². The van der Waals surface area contributed by atoms with Crippen LogP contribution in [0.5, 0.6) is 0 Å². The number of halogens is 1. The number of carbonyl (C=O) groups is 1. The van der Waals surface area contributed by atoms with Crippen LogP contribution in [0.25, 0.3) is 0 Å². The number of carbonyl (C=O) groups excluding carboxylic acids is 1. The lowest BCUT2D eigenvalue weighted by molar-refractivity contribution is -0.146. The van der Waals surface area contributed by atoms with Crippen molar-refractivity contribution in [3.63, 3.8) is 0 Å². The zero-order valence-electron chi connectivity index (χ0n) is 10.3. The first-order chi connectivity index (χ1) is 7.68.